The molecule has 4 nitrogen and oxygen atoms in total. The van der Waals surface area contributed by atoms with Crippen LogP contribution in [0.3, 0.4) is 0 Å². The summed E-state index contributed by atoms with van der Waals surface area (Å²) in [5.41, 5.74) is 2.37. The zero-order valence-corrected chi connectivity index (χ0v) is 19.5. The number of hydrogen-bond donors (Lipinski definition) is 1. The predicted molar refractivity (Wildman–Crippen MR) is 128 cm³/mol. The minimum absolute atomic E-state index is 0.00722. The van der Waals surface area contributed by atoms with Crippen LogP contribution >= 0.6 is 11.8 Å². The molecule has 2 aromatic rings. The van der Waals surface area contributed by atoms with Crippen molar-refractivity contribution in [2.24, 2.45) is 0 Å². The Hall–Kier alpha value is -2.27. The Morgan fingerprint density at radius 3 is 2.39 bits per heavy atom. The molecular formula is C26H34N2O2S. The minimum atomic E-state index is -0.475. The van der Waals surface area contributed by atoms with Crippen molar-refractivity contribution in [1.82, 2.24) is 10.2 Å². The standard InChI is InChI=1S/C26H34N2O2S/c1-20-13-15-24(16-14-20)31-19-25(29)28(18-17-22-9-5-3-6-10-22)21(2)26(30)27-23-11-7-4-8-12-23/h3,5-6,9-10,13-16,21,23H,4,7-8,11-12,17-19H2,1-2H3,(H,27,30)/t21-/m0/s1. The van der Waals surface area contributed by atoms with E-state index in [4.69, 9.17) is 0 Å². The van der Waals surface area contributed by atoms with Crippen LogP contribution in [0.5, 0.6) is 0 Å². The maximum absolute atomic E-state index is 13.2. The Kier molecular flexibility index (Phi) is 9.01. The van der Waals surface area contributed by atoms with Crippen LogP contribution in [0, 0.1) is 6.92 Å². The number of rotatable bonds is 9. The number of thioether (sulfide) groups is 1. The van der Waals surface area contributed by atoms with Crippen LogP contribution in [-0.4, -0.2) is 41.1 Å². The molecule has 1 fully saturated rings. The SMILES string of the molecule is Cc1ccc(SCC(=O)N(CCc2ccccc2)[C@@H](C)C(=O)NC2CCCCC2)cc1. The molecule has 1 N–H and O–H groups in total. The first-order chi connectivity index (χ1) is 15.0. The van der Waals surface area contributed by atoms with Crippen molar-refractivity contribution in [3.8, 4) is 0 Å². The molecule has 0 heterocycles. The van der Waals surface area contributed by atoms with E-state index >= 15 is 0 Å². The Labute approximate surface area is 190 Å². The second kappa shape index (κ2) is 11.9. The van der Waals surface area contributed by atoms with Crippen LogP contribution in [0.15, 0.2) is 59.5 Å². The van der Waals surface area contributed by atoms with Gasteiger partial charge in [0.2, 0.25) is 11.8 Å². The van der Waals surface area contributed by atoms with Crippen LogP contribution in [0.4, 0.5) is 0 Å². The molecule has 0 aliphatic heterocycles. The fourth-order valence-corrected chi connectivity index (χ4v) is 4.79. The number of benzene rings is 2. The highest BCUT2D eigenvalue weighted by Crippen LogP contribution is 2.20. The normalized spacial score (nSPS) is 15.3. The zero-order valence-electron chi connectivity index (χ0n) is 18.7. The molecule has 1 saturated carbocycles. The molecule has 0 aromatic heterocycles. The highest BCUT2D eigenvalue weighted by Gasteiger charge is 2.27. The van der Waals surface area contributed by atoms with Crippen molar-refractivity contribution < 1.29 is 9.59 Å². The van der Waals surface area contributed by atoms with E-state index in [1.165, 1.54) is 42.2 Å². The molecule has 1 atom stereocenters. The number of carbonyl (C=O) groups is 2. The lowest BCUT2D eigenvalue weighted by Gasteiger charge is -2.31. The van der Waals surface area contributed by atoms with Gasteiger partial charge in [-0.15, -0.1) is 11.8 Å². The summed E-state index contributed by atoms with van der Waals surface area (Å²) in [5, 5.41) is 3.19. The van der Waals surface area contributed by atoms with E-state index in [0.717, 1.165) is 24.2 Å². The first-order valence-corrected chi connectivity index (χ1v) is 12.3. The molecule has 2 aromatic carbocycles. The second-order valence-corrected chi connectivity index (χ2v) is 9.49. The Morgan fingerprint density at radius 1 is 1.03 bits per heavy atom. The largest absolute Gasteiger partial charge is 0.352 e. The van der Waals surface area contributed by atoms with Gasteiger partial charge in [0.25, 0.3) is 0 Å². The summed E-state index contributed by atoms with van der Waals surface area (Å²) >= 11 is 1.53. The van der Waals surface area contributed by atoms with E-state index in [1.54, 1.807) is 4.90 Å². The summed E-state index contributed by atoms with van der Waals surface area (Å²) < 4.78 is 0. The molecule has 0 unspecified atom stereocenters. The third kappa shape index (κ3) is 7.42. The van der Waals surface area contributed by atoms with Crippen molar-refractivity contribution in [3.63, 3.8) is 0 Å². The Morgan fingerprint density at radius 2 is 1.71 bits per heavy atom. The maximum atomic E-state index is 13.2. The quantitative estimate of drug-likeness (QED) is 0.561. The van der Waals surface area contributed by atoms with Crippen LogP contribution < -0.4 is 5.32 Å². The number of carbonyl (C=O) groups excluding carboxylic acids is 2. The lowest BCUT2D eigenvalue weighted by molar-refractivity contribution is -0.138. The summed E-state index contributed by atoms with van der Waals surface area (Å²) in [6.45, 7) is 4.45. The number of aryl methyl sites for hydroxylation is 1. The second-order valence-electron chi connectivity index (χ2n) is 8.44. The van der Waals surface area contributed by atoms with Crippen LogP contribution in [0.2, 0.25) is 0 Å². The molecule has 5 heteroatoms. The Bertz CT molecular complexity index is 832. The Balaban J connectivity index is 1.63. The molecule has 1 aliphatic rings. The van der Waals surface area contributed by atoms with Crippen molar-refractivity contribution >= 4 is 23.6 Å². The average molecular weight is 439 g/mol. The summed E-state index contributed by atoms with van der Waals surface area (Å²) in [5.74, 6) is 0.306. The van der Waals surface area contributed by atoms with Gasteiger partial charge in [-0.25, -0.2) is 0 Å². The molecule has 0 bridgehead atoms. The topological polar surface area (TPSA) is 49.4 Å². The lowest BCUT2D eigenvalue weighted by Crippen LogP contribution is -2.51. The fraction of sp³-hybridized carbons (Fsp3) is 0.462. The first-order valence-electron chi connectivity index (χ1n) is 11.4. The molecule has 166 valence electrons. The molecular weight excluding hydrogens is 404 g/mol. The van der Waals surface area contributed by atoms with Crippen molar-refractivity contribution in [2.75, 3.05) is 12.3 Å². The fourth-order valence-electron chi connectivity index (χ4n) is 4.00. The summed E-state index contributed by atoms with van der Waals surface area (Å²) in [6, 6.07) is 18.1. The zero-order chi connectivity index (χ0) is 22.1. The van der Waals surface area contributed by atoms with E-state index in [1.807, 2.05) is 37.3 Å². The van der Waals surface area contributed by atoms with Gasteiger partial charge in [-0.3, -0.25) is 9.59 Å². The third-order valence-electron chi connectivity index (χ3n) is 5.99. The molecule has 0 radical (unpaired) electrons. The summed E-state index contributed by atoms with van der Waals surface area (Å²) in [7, 11) is 0. The third-order valence-corrected chi connectivity index (χ3v) is 6.98. The van der Waals surface area contributed by atoms with Crippen molar-refractivity contribution in [1.29, 1.82) is 0 Å². The summed E-state index contributed by atoms with van der Waals surface area (Å²) in [6.07, 6.45) is 6.41. The highest BCUT2D eigenvalue weighted by molar-refractivity contribution is 8.00. The van der Waals surface area contributed by atoms with Gasteiger partial charge < -0.3 is 10.2 Å². The monoisotopic (exact) mass is 438 g/mol. The number of amides is 2. The van der Waals surface area contributed by atoms with E-state index in [2.05, 4.69) is 36.5 Å². The predicted octanol–water partition coefficient (Wildman–Crippen LogP) is 5.00. The average Bonchev–Trinajstić information content (AvgIpc) is 2.80. The van der Waals surface area contributed by atoms with Crippen molar-refractivity contribution in [3.05, 3.63) is 65.7 Å². The van der Waals surface area contributed by atoms with E-state index in [0.29, 0.717) is 12.3 Å². The molecule has 1 aliphatic carbocycles. The van der Waals surface area contributed by atoms with E-state index in [9.17, 15) is 9.59 Å². The number of nitrogens with one attached hydrogen (secondary N) is 1. The maximum Gasteiger partial charge on any atom is 0.242 e. The minimum Gasteiger partial charge on any atom is -0.352 e. The first kappa shape index (κ1) is 23.4. The van der Waals surface area contributed by atoms with Gasteiger partial charge in [-0.05, 0) is 50.8 Å². The van der Waals surface area contributed by atoms with Gasteiger partial charge in [0.15, 0.2) is 0 Å². The smallest absolute Gasteiger partial charge is 0.242 e. The van der Waals surface area contributed by atoms with Crippen molar-refractivity contribution in [2.45, 2.75) is 69.4 Å². The molecule has 31 heavy (non-hydrogen) atoms. The molecule has 0 saturated heterocycles. The van der Waals surface area contributed by atoms with Gasteiger partial charge in [0.05, 0.1) is 5.75 Å². The lowest BCUT2D eigenvalue weighted by atomic mass is 9.95. The van der Waals surface area contributed by atoms with Gasteiger partial charge in [0.1, 0.15) is 6.04 Å². The van der Waals surface area contributed by atoms with Crippen LogP contribution in [0.1, 0.15) is 50.2 Å². The van der Waals surface area contributed by atoms with Gasteiger partial charge in [-0.1, -0.05) is 67.3 Å². The molecule has 3 rings (SSSR count). The van der Waals surface area contributed by atoms with Gasteiger partial charge in [-0.2, -0.15) is 0 Å². The number of nitrogens with zero attached hydrogens (tertiary/aromatic N) is 1. The van der Waals surface area contributed by atoms with E-state index in [-0.39, 0.29) is 17.9 Å². The number of hydrogen-bond acceptors (Lipinski definition) is 3. The van der Waals surface area contributed by atoms with Gasteiger partial charge in [0, 0.05) is 17.5 Å². The molecule has 2 amide bonds. The van der Waals surface area contributed by atoms with Crippen LogP contribution in [-0.2, 0) is 16.0 Å². The van der Waals surface area contributed by atoms with Crippen LogP contribution in [0.25, 0.3) is 0 Å². The van der Waals surface area contributed by atoms with E-state index < -0.39 is 6.04 Å². The molecule has 0 spiro atoms. The van der Waals surface area contributed by atoms with Gasteiger partial charge >= 0.3 is 0 Å². The highest BCUT2D eigenvalue weighted by atomic mass is 32.2. The summed E-state index contributed by atoms with van der Waals surface area (Å²) in [4.78, 5) is 29.0.